The van der Waals surface area contributed by atoms with Gasteiger partial charge in [-0.2, -0.15) is 0 Å². The van der Waals surface area contributed by atoms with Gasteiger partial charge in [0.25, 0.3) is 5.91 Å². The number of piperazine rings is 1. The first kappa shape index (κ1) is 16.9. The van der Waals surface area contributed by atoms with Crippen molar-refractivity contribution >= 4 is 11.8 Å². The minimum Gasteiger partial charge on any atom is -0.364 e. The van der Waals surface area contributed by atoms with Crippen molar-refractivity contribution in [1.82, 2.24) is 14.8 Å². The van der Waals surface area contributed by atoms with Crippen molar-refractivity contribution in [2.75, 3.05) is 19.6 Å². The number of rotatable bonds is 3. The Kier molecular flexibility index (Phi) is 4.65. The number of halogens is 1. The predicted octanol–water partition coefficient (Wildman–Crippen LogP) is 1.31. The maximum absolute atomic E-state index is 13.7. The summed E-state index contributed by atoms with van der Waals surface area (Å²) >= 11 is 0. The van der Waals surface area contributed by atoms with Crippen molar-refractivity contribution in [3.8, 4) is 0 Å². The lowest BCUT2D eigenvalue weighted by Crippen LogP contribution is -2.52. The molecule has 1 aliphatic rings. The smallest absolute Gasteiger partial charge is 0.259 e. The SMILES string of the molecule is Cc1cc(=O)c(C(=O)N2CCN(Cc3ccccc3F)C(=O)C2)c[nH]1. The molecule has 1 fully saturated rings. The molecule has 7 heteroatoms. The third kappa shape index (κ3) is 3.60. The zero-order valence-corrected chi connectivity index (χ0v) is 13.8. The summed E-state index contributed by atoms with van der Waals surface area (Å²) in [5.41, 5.74) is 0.737. The van der Waals surface area contributed by atoms with Crippen LogP contribution in [0.25, 0.3) is 0 Å². The summed E-state index contributed by atoms with van der Waals surface area (Å²) in [6.07, 6.45) is 1.37. The topological polar surface area (TPSA) is 73.5 Å². The summed E-state index contributed by atoms with van der Waals surface area (Å²) < 4.78 is 13.7. The highest BCUT2D eigenvalue weighted by Gasteiger charge is 2.29. The monoisotopic (exact) mass is 343 g/mol. The molecule has 6 nitrogen and oxygen atoms in total. The quantitative estimate of drug-likeness (QED) is 0.913. The summed E-state index contributed by atoms with van der Waals surface area (Å²) in [7, 11) is 0. The molecule has 0 spiro atoms. The Morgan fingerprint density at radius 1 is 1.24 bits per heavy atom. The van der Waals surface area contributed by atoms with Crippen molar-refractivity contribution in [2.45, 2.75) is 13.5 Å². The fourth-order valence-electron chi connectivity index (χ4n) is 2.79. The van der Waals surface area contributed by atoms with Crippen molar-refractivity contribution in [3.05, 3.63) is 69.4 Å². The van der Waals surface area contributed by atoms with Crippen LogP contribution in [0.5, 0.6) is 0 Å². The summed E-state index contributed by atoms with van der Waals surface area (Å²) in [6.45, 7) is 2.36. The minimum absolute atomic E-state index is 0.0148. The van der Waals surface area contributed by atoms with Gasteiger partial charge >= 0.3 is 0 Å². The third-order valence-electron chi connectivity index (χ3n) is 4.21. The molecule has 0 unspecified atom stereocenters. The van der Waals surface area contributed by atoms with Crippen LogP contribution in [0, 0.1) is 12.7 Å². The lowest BCUT2D eigenvalue weighted by atomic mass is 10.1. The molecule has 1 aliphatic heterocycles. The first-order valence-corrected chi connectivity index (χ1v) is 7.95. The van der Waals surface area contributed by atoms with Gasteiger partial charge in [-0.3, -0.25) is 14.4 Å². The molecule has 3 rings (SSSR count). The number of nitrogens with zero attached hydrogens (tertiary/aromatic N) is 2. The van der Waals surface area contributed by atoms with Crippen molar-refractivity contribution in [2.24, 2.45) is 0 Å². The Morgan fingerprint density at radius 2 is 2.00 bits per heavy atom. The largest absolute Gasteiger partial charge is 0.364 e. The van der Waals surface area contributed by atoms with E-state index in [4.69, 9.17) is 0 Å². The van der Waals surface area contributed by atoms with E-state index in [1.807, 2.05) is 0 Å². The maximum Gasteiger partial charge on any atom is 0.259 e. The van der Waals surface area contributed by atoms with Crippen molar-refractivity contribution in [3.63, 3.8) is 0 Å². The van der Waals surface area contributed by atoms with Crippen LogP contribution >= 0.6 is 0 Å². The number of nitrogens with one attached hydrogen (secondary N) is 1. The average Bonchev–Trinajstić information content (AvgIpc) is 2.58. The Bertz CT molecular complexity index is 878. The van der Waals surface area contributed by atoms with Crippen LogP contribution in [-0.2, 0) is 11.3 Å². The Balaban J connectivity index is 1.69. The number of hydrogen-bond donors (Lipinski definition) is 1. The van der Waals surface area contributed by atoms with E-state index >= 15 is 0 Å². The van der Waals surface area contributed by atoms with Gasteiger partial charge in [0.05, 0.1) is 0 Å². The second-order valence-corrected chi connectivity index (χ2v) is 6.03. The second-order valence-electron chi connectivity index (χ2n) is 6.03. The van der Waals surface area contributed by atoms with Gasteiger partial charge in [0.1, 0.15) is 17.9 Å². The van der Waals surface area contributed by atoms with Crippen LogP contribution in [0.1, 0.15) is 21.6 Å². The maximum atomic E-state index is 13.7. The fourth-order valence-corrected chi connectivity index (χ4v) is 2.79. The summed E-state index contributed by atoms with van der Waals surface area (Å²) in [5.74, 6) is -1.11. The molecule has 1 aromatic heterocycles. The van der Waals surface area contributed by atoms with E-state index in [0.717, 1.165) is 0 Å². The van der Waals surface area contributed by atoms with Crippen LogP contribution in [0.3, 0.4) is 0 Å². The number of benzene rings is 1. The number of hydrogen-bond acceptors (Lipinski definition) is 3. The molecule has 1 aromatic carbocycles. The number of aromatic amines is 1. The Hall–Kier alpha value is -2.96. The molecule has 0 saturated carbocycles. The van der Waals surface area contributed by atoms with E-state index in [9.17, 15) is 18.8 Å². The molecule has 2 aromatic rings. The van der Waals surface area contributed by atoms with Crippen LogP contribution in [0.15, 0.2) is 41.3 Å². The van der Waals surface area contributed by atoms with E-state index in [2.05, 4.69) is 4.98 Å². The highest BCUT2D eigenvalue weighted by atomic mass is 19.1. The molecule has 0 bridgehead atoms. The van der Waals surface area contributed by atoms with Gasteiger partial charge in [-0.05, 0) is 13.0 Å². The Morgan fingerprint density at radius 3 is 2.68 bits per heavy atom. The van der Waals surface area contributed by atoms with Gasteiger partial charge < -0.3 is 14.8 Å². The van der Waals surface area contributed by atoms with Crippen LogP contribution < -0.4 is 5.43 Å². The highest BCUT2D eigenvalue weighted by Crippen LogP contribution is 2.14. The number of pyridine rings is 1. The first-order valence-electron chi connectivity index (χ1n) is 7.95. The van der Waals surface area contributed by atoms with E-state index in [0.29, 0.717) is 24.3 Å². The minimum atomic E-state index is -0.472. The van der Waals surface area contributed by atoms with Gasteiger partial charge in [-0.15, -0.1) is 0 Å². The average molecular weight is 343 g/mol. The molecular weight excluding hydrogens is 325 g/mol. The number of carbonyl (C=O) groups is 2. The van der Waals surface area contributed by atoms with Gasteiger partial charge in [0.15, 0.2) is 5.43 Å². The Labute approximate surface area is 143 Å². The second kappa shape index (κ2) is 6.88. The molecule has 1 saturated heterocycles. The summed E-state index contributed by atoms with van der Waals surface area (Å²) in [5, 5.41) is 0. The van der Waals surface area contributed by atoms with Crippen molar-refractivity contribution in [1.29, 1.82) is 0 Å². The van der Waals surface area contributed by atoms with Crippen LogP contribution in [-0.4, -0.2) is 46.2 Å². The van der Waals surface area contributed by atoms with Gasteiger partial charge in [-0.25, -0.2) is 4.39 Å². The summed E-state index contributed by atoms with van der Waals surface area (Å²) in [4.78, 5) is 42.4. The molecule has 2 amide bonds. The number of aryl methyl sites for hydroxylation is 1. The lowest BCUT2D eigenvalue weighted by molar-refractivity contribution is -0.135. The predicted molar refractivity (Wildman–Crippen MR) is 89.5 cm³/mol. The lowest BCUT2D eigenvalue weighted by Gasteiger charge is -2.34. The molecular formula is C18H18FN3O3. The third-order valence-corrected chi connectivity index (χ3v) is 4.21. The standard InChI is InChI=1S/C18H18FN3O3/c1-12-8-16(23)14(9-20-12)18(25)22-7-6-21(17(24)11-22)10-13-4-2-3-5-15(13)19/h2-5,8-9H,6-7,10-11H2,1H3,(H,20,23). The van der Waals surface area contributed by atoms with Gasteiger partial charge in [-0.1, -0.05) is 18.2 Å². The molecule has 0 aliphatic carbocycles. The van der Waals surface area contributed by atoms with Gasteiger partial charge in [0, 0.05) is 43.2 Å². The zero-order chi connectivity index (χ0) is 18.0. The first-order chi connectivity index (χ1) is 12.0. The van der Waals surface area contributed by atoms with Crippen molar-refractivity contribution < 1.29 is 14.0 Å². The number of H-pyrrole nitrogens is 1. The highest BCUT2D eigenvalue weighted by molar-refractivity contribution is 5.96. The van der Waals surface area contributed by atoms with Gasteiger partial charge in [0.2, 0.25) is 5.91 Å². The molecule has 2 heterocycles. The van der Waals surface area contributed by atoms with Crippen LogP contribution in [0.4, 0.5) is 4.39 Å². The normalized spacial score (nSPS) is 14.7. The zero-order valence-electron chi connectivity index (χ0n) is 13.8. The molecule has 0 atom stereocenters. The summed E-state index contributed by atoms with van der Waals surface area (Å²) in [6, 6.07) is 7.64. The molecule has 0 radical (unpaired) electrons. The van der Waals surface area contributed by atoms with E-state index in [1.54, 1.807) is 25.1 Å². The molecule has 25 heavy (non-hydrogen) atoms. The van der Waals surface area contributed by atoms with Crippen LogP contribution in [0.2, 0.25) is 0 Å². The van der Waals surface area contributed by atoms with E-state index in [1.165, 1.54) is 28.1 Å². The molecule has 1 N–H and O–H groups in total. The fraction of sp³-hybridized carbons (Fsp3) is 0.278. The molecule has 130 valence electrons. The number of aromatic nitrogens is 1. The number of amides is 2. The van der Waals surface area contributed by atoms with E-state index in [-0.39, 0.29) is 35.8 Å². The van der Waals surface area contributed by atoms with E-state index < -0.39 is 5.91 Å². The number of carbonyl (C=O) groups excluding carboxylic acids is 2.